The average Bonchev–Trinajstić information content (AvgIpc) is 3.45. The van der Waals surface area contributed by atoms with Crippen molar-refractivity contribution in [3.05, 3.63) is 71.0 Å². The number of hydrogen-bond acceptors (Lipinski definition) is 7. The van der Waals surface area contributed by atoms with Gasteiger partial charge in [0, 0.05) is 29.9 Å². The largest absolute Gasteiger partial charge is 0.497 e. The Morgan fingerprint density at radius 2 is 1.86 bits per heavy atom. The Morgan fingerprint density at radius 1 is 1.11 bits per heavy atom. The van der Waals surface area contributed by atoms with Crippen molar-refractivity contribution in [3.8, 4) is 17.2 Å². The zero-order valence-electron chi connectivity index (χ0n) is 18.8. The fraction of sp³-hybridized carbons (Fsp3) is 0.167. The second-order valence-corrected chi connectivity index (χ2v) is 10.3. The summed E-state index contributed by atoms with van der Waals surface area (Å²) in [6.07, 6.45) is 0. The third-order valence-electron chi connectivity index (χ3n) is 5.42. The molecule has 11 heteroatoms. The van der Waals surface area contributed by atoms with E-state index in [9.17, 15) is 13.2 Å². The lowest BCUT2D eigenvalue weighted by atomic mass is 10.2. The molecule has 1 amide bonds. The molecule has 0 saturated carbocycles. The maximum atomic E-state index is 13.0. The summed E-state index contributed by atoms with van der Waals surface area (Å²) in [5, 5.41) is 0. The van der Waals surface area contributed by atoms with Crippen molar-refractivity contribution in [2.24, 2.45) is 4.99 Å². The number of hydrogen-bond donors (Lipinski definition) is 1. The molecule has 1 aromatic heterocycles. The van der Waals surface area contributed by atoms with E-state index in [4.69, 9.17) is 14.2 Å². The van der Waals surface area contributed by atoms with Gasteiger partial charge in [-0.2, -0.15) is 4.99 Å². The van der Waals surface area contributed by atoms with Gasteiger partial charge in [0.1, 0.15) is 5.75 Å². The summed E-state index contributed by atoms with van der Waals surface area (Å²) in [7, 11) is -2.34. The van der Waals surface area contributed by atoms with Crippen LogP contribution in [0.15, 0.2) is 70.6 Å². The van der Waals surface area contributed by atoms with Crippen molar-refractivity contribution < 1.29 is 27.4 Å². The fourth-order valence-electron chi connectivity index (χ4n) is 3.69. The number of sulfonamides is 1. The minimum atomic E-state index is -3.85. The molecular formula is C24H21N3O6S2. The highest BCUT2D eigenvalue weighted by atomic mass is 32.2. The summed E-state index contributed by atoms with van der Waals surface area (Å²) in [6, 6.07) is 16.0. The van der Waals surface area contributed by atoms with Gasteiger partial charge in [-0.15, -0.1) is 0 Å². The Kier molecular flexibility index (Phi) is 5.95. The minimum Gasteiger partial charge on any atom is -0.497 e. The molecule has 5 rings (SSSR count). The number of benzene rings is 3. The average molecular weight is 512 g/mol. The number of thiazole rings is 1. The maximum absolute atomic E-state index is 13.0. The number of ether oxygens (including phenoxy) is 3. The molecule has 0 spiro atoms. The van der Waals surface area contributed by atoms with Gasteiger partial charge in [-0.05, 0) is 49.4 Å². The van der Waals surface area contributed by atoms with Gasteiger partial charge in [0.15, 0.2) is 16.3 Å². The number of aryl methyl sites for hydroxylation is 1. The van der Waals surface area contributed by atoms with Crippen LogP contribution in [0.4, 0.5) is 5.69 Å². The Labute approximate surface area is 205 Å². The SMILES string of the molecule is CCn1c(=NC(=O)c2cccc(NS(=O)(=O)c3ccc(OC)cc3)c2)sc2cc3c(cc21)OCO3. The Hall–Kier alpha value is -3.83. The fourth-order valence-corrected chi connectivity index (χ4v) is 5.84. The summed E-state index contributed by atoms with van der Waals surface area (Å²) in [6.45, 7) is 2.76. The van der Waals surface area contributed by atoms with Gasteiger partial charge < -0.3 is 18.8 Å². The molecule has 1 N–H and O–H groups in total. The van der Waals surface area contributed by atoms with Crippen LogP contribution in [0.2, 0.25) is 0 Å². The van der Waals surface area contributed by atoms with Gasteiger partial charge in [0.05, 0.1) is 22.2 Å². The molecule has 2 heterocycles. The number of amides is 1. The van der Waals surface area contributed by atoms with Crippen LogP contribution in [0.3, 0.4) is 0 Å². The maximum Gasteiger partial charge on any atom is 0.279 e. The number of rotatable bonds is 6. The molecule has 1 aliphatic heterocycles. The molecule has 180 valence electrons. The molecule has 0 bridgehead atoms. The summed E-state index contributed by atoms with van der Waals surface area (Å²) in [4.78, 5) is 17.9. The van der Waals surface area contributed by atoms with Gasteiger partial charge in [0.2, 0.25) is 6.79 Å². The Bertz CT molecular complexity index is 1600. The van der Waals surface area contributed by atoms with Gasteiger partial charge in [0.25, 0.3) is 15.9 Å². The normalized spacial score (nSPS) is 13.3. The summed E-state index contributed by atoms with van der Waals surface area (Å²) >= 11 is 1.37. The first-order valence-electron chi connectivity index (χ1n) is 10.7. The molecule has 3 aromatic carbocycles. The number of fused-ring (bicyclic) bond motifs is 2. The number of nitrogens with one attached hydrogen (secondary N) is 1. The van der Waals surface area contributed by atoms with Gasteiger partial charge in [-0.3, -0.25) is 9.52 Å². The van der Waals surface area contributed by atoms with Crippen molar-refractivity contribution >= 4 is 43.2 Å². The molecule has 9 nitrogen and oxygen atoms in total. The highest BCUT2D eigenvalue weighted by Crippen LogP contribution is 2.37. The standard InChI is InChI=1S/C24H21N3O6S2/c1-3-27-19-12-20-21(33-14-32-20)13-22(19)34-24(27)25-23(28)15-5-4-6-16(11-15)26-35(29,30)18-9-7-17(31-2)8-10-18/h4-13,26H,3,14H2,1-2H3. The molecule has 1 aliphatic rings. The molecule has 0 saturated heterocycles. The lowest BCUT2D eigenvalue weighted by molar-refractivity contribution is 0.0998. The number of carbonyl (C=O) groups excluding carboxylic acids is 1. The number of carbonyl (C=O) groups is 1. The number of aromatic nitrogens is 1. The summed E-state index contributed by atoms with van der Waals surface area (Å²) < 4.78 is 46.9. The van der Waals surface area contributed by atoms with Crippen LogP contribution < -0.4 is 23.7 Å². The molecular weight excluding hydrogens is 490 g/mol. The van der Waals surface area contributed by atoms with E-state index >= 15 is 0 Å². The third kappa shape index (κ3) is 4.47. The molecule has 0 fully saturated rings. The quantitative estimate of drug-likeness (QED) is 0.419. The molecule has 4 aromatic rings. The Balaban J connectivity index is 1.44. The lowest BCUT2D eigenvalue weighted by Crippen LogP contribution is -2.16. The van der Waals surface area contributed by atoms with E-state index in [1.54, 1.807) is 30.3 Å². The Morgan fingerprint density at radius 3 is 2.57 bits per heavy atom. The van der Waals surface area contributed by atoms with E-state index in [-0.39, 0.29) is 22.9 Å². The van der Waals surface area contributed by atoms with Crippen LogP contribution in [0.5, 0.6) is 17.2 Å². The predicted octanol–water partition coefficient (Wildman–Crippen LogP) is 4.00. The number of anilines is 1. The molecule has 35 heavy (non-hydrogen) atoms. The van der Waals surface area contributed by atoms with E-state index < -0.39 is 15.9 Å². The highest BCUT2D eigenvalue weighted by molar-refractivity contribution is 7.92. The second kappa shape index (κ2) is 9.08. The highest BCUT2D eigenvalue weighted by Gasteiger charge is 2.18. The third-order valence-corrected chi connectivity index (χ3v) is 7.86. The zero-order valence-corrected chi connectivity index (χ0v) is 20.5. The van der Waals surface area contributed by atoms with Crippen LogP contribution in [0, 0.1) is 0 Å². The van der Waals surface area contributed by atoms with E-state index in [1.165, 1.54) is 36.6 Å². The van der Waals surface area contributed by atoms with Crippen molar-refractivity contribution in [2.45, 2.75) is 18.4 Å². The monoisotopic (exact) mass is 511 g/mol. The first-order valence-corrected chi connectivity index (χ1v) is 13.0. The van der Waals surface area contributed by atoms with E-state index in [2.05, 4.69) is 9.71 Å². The van der Waals surface area contributed by atoms with Crippen LogP contribution in [-0.2, 0) is 16.6 Å². The molecule has 0 unspecified atom stereocenters. The van der Waals surface area contributed by atoms with Crippen molar-refractivity contribution in [3.63, 3.8) is 0 Å². The van der Waals surface area contributed by atoms with Crippen molar-refractivity contribution in [2.75, 3.05) is 18.6 Å². The first-order chi connectivity index (χ1) is 16.9. The van der Waals surface area contributed by atoms with Gasteiger partial charge >= 0.3 is 0 Å². The van der Waals surface area contributed by atoms with Crippen LogP contribution >= 0.6 is 11.3 Å². The summed E-state index contributed by atoms with van der Waals surface area (Å²) in [5.74, 6) is 1.39. The van der Waals surface area contributed by atoms with Crippen LogP contribution in [-0.4, -0.2) is 32.8 Å². The van der Waals surface area contributed by atoms with Crippen LogP contribution in [0.25, 0.3) is 10.2 Å². The molecule has 0 radical (unpaired) electrons. The number of nitrogens with zero attached hydrogens (tertiary/aromatic N) is 2. The smallest absolute Gasteiger partial charge is 0.279 e. The van der Waals surface area contributed by atoms with Crippen LogP contribution in [0.1, 0.15) is 17.3 Å². The lowest BCUT2D eigenvalue weighted by Gasteiger charge is -2.09. The van der Waals surface area contributed by atoms with E-state index in [0.29, 0.717) is 28.6 Å². The second-order valence-electron chi connectivity index (χ2n) is 7.58. The minimum absolute atomic E-state index is 0.0776. The molecule has 0 aliphatic carbocycles. The first kappa shape index (κ1) is 22.9. The predicted molar refractivity (Wildman–Crippen MR) is 132 cm³/mol. The van der Waals surface area contributed by atoms with E-state index in [0.717, 1.165) is 10.2 Å². The van der Waals surface area contributed by atoms with Gasteiger partial charge in [-0.1, -0.05) is 17.4 Å². The topological polar surface area (TPSA) is 108 Å². The molecule has 0 atom stereocenters. The van der Waals surface area contributed by atoms with Crippen molar-refractivity contribution in [1.29, 1.82) is 0 Å². The van der Waals surface area contributed by atoms with Gasteiger partial charge in [-0.25, -0.2) is 8.42 Å². The zero-order chi connectivity index (χ0) is 24.6. The van der Waals surface area contributed by atoms with Crippen molar-refractivity contribution in [1.82, 2.24) is 4.57 Å². The number of methoxy groups -OCH3 is 1. The summed E-state index contributed by atoms with van der Waals surface area (Å²) in [5.41, 5.74) is 1.41. The van der Waals surface area contributed by atoms with E-state index in [1.807, 2.05) is 23.6 Å².